The van der Waals surface area contributed by atoms with Crippen molar-refractivity contribution in [2.24, 2.45) is 0 Å². The average molecular weight is 357 g/mol. The number of hydrogen-bond donors (Lipinski definition) is 0. The van der Waals surface area contributed by atoms with Crippen LogP contribution in [0.1, 0.15) is 23.9 Å². The smallest absolute Gasteiger partial charge is 0.236 e. The third-order valence-corrected chi connectivity index (χ3v) is 4.77. The number of aromatic nitrogens is 2. The average Bonchev–Trinajstić information content (AvgIpc) is 3.29. The maximum absolute atomic E-state index is 13.0. The number of hydrogen-bond acceptors (Lipinski definition) is 6. The Kier molecular flexibility index (Phi) is 5.55. The molecule has 3 rings (SSSR count). The van der Waals surface area contributed by atoms with E-state index >= 15 is 0 Å². The molecule has 1 unspecified atom stereocenters. The SMILES string of the molecule is Cc1ccc(SC(C)C(=O)N(Cc2cocn2)Cc2cocn2)cc1. The molecule has 0 aliphatic heterocycles. The summed E-state index contributed by atoms with van der Waals surface area (Å²) in [6.07, 6.45) is 5.80. The Morgan fingerprint density at radius 2 is 1.64 bits per heavy atom. The van der Waals surface area contributed by atoms with E-state index in [2.05, 4.69) is 9.97 Å². The van der Waals surface area contributed by atoms with Crippen molar-refractivity contribution in [3.05, 3.63) is 66.5 Å². The number of rotatable bonds is 7. The molecule has 0 spiro atoms. The molecular formula is C18H19N3O3S. The summed E-state index contributed by atoms with van der Waals surface area (Å²) >= 11 is 1.54. The summed E-state index contributed by atoms with van der Waals surface area (Å²) < 4.78 is 10.0. The zero-order chi connectivity index (χ0) is 17.6. The highest BCUT2D eigenvalue weighted by Gasteiger charge is 2.23. The normalized spacial score (nSPS) is 12.1. The van der Waals surface area contributed by atoms with E-state index in [1.807, 2.05) is 38.1 Å². The van der Waals surface area contributed by atoms with Crippen molar-refractivity contribution < 1.29 is 13.6 Å². The molecule has 0 saturated heterocycles. The van der Waals surface area contributed by atoms with Crippen LogP contribution in [-0.4, -0.2) is 26.0 Å². The van der Waals surface area contributed by atoms with E-state index in [4.69, 9.17) is 8.83 Å². The molecule has 1 aromatic carbocycles. The van der Waals surface area contributed by atoms with E-state index in [1.165, 1.54) is 30.1 Å². The van der Waals surface area contributed by atoms with Crippen LogP contribution in [0.4, 0.5) is 0 Å². The van der Waals surface area contributed by atoms with Gasteiger partial charge < -0.3 is 13.7 Å². The van der Waals surface area contributed by atoms with Crippen LogP contribution in [-0.2, 0) is 17.9 Å². The molecule has 0 N–H and O–H groups in total. The lowest BCUT2D eigenvalue weighted by atomic mass is 10.2. The minimum Gasteiger partial charge on any atom is -0.451 e. The lowest BCUT2D eigenvalue weighted by molar-refractivity contribution is -0.131. The number of carbonyl (C=O) groups excluding carboxylic acids is 1. The van der Waals surface area contributed by atoms with Gasteiger partial charge in [-0.3, -0.25) is 4.79 Å². The zero-order valence-electron chi connectivity index (χ0n) is 14.1. The molecule has 2 heterocycles. The van der Waals surface area contributed by atoms with Crippen LogP contribution >= 0.6 is 11.8 Å². The fraction of sp³-hybridized carbons (Fsp3) is 0.278. The Hall–Kier alpha value is -2.54. The molecule has 25 heavy (non-hydrogen) atoms. The lowest BCUT2D eigenvalue weighted by Crippen LogP contribution is -2.35. The second kappa shape index (κ2) is 8.02. The van der Waals surface area contributed by atoms with Crippen molar-refractivity contribution in [3.63, 3.8) is 0 Å². The van der Waals surface area contributed by atoms with E-state index in [-0.39, 0.29) is 11.2 Å². The molecule has 0 aliphatic rings. The van der Waals surface area contributed by atoms with E-state index in [9.17, 15) is 4.79 Å². The van der Waals surface area contributed by atoms with Gasteiger partial charge in [-0.25, -0.2) is 9.97 Å². The second-order valence-corrected chi connectivity index (χ2v) is 7.14. The van der Waals surface area contributed by atoms with Crippen molar-refractivity contribution in [2.75, 3.05) is 0 Å². The van der Waals surface area contributed by atoms with Crippen LogP contribution < -0.4 is 0 Å². The minimum absolute atomic E-state index is 0.0107. The quantitative estimate of drug-likeness (QED) is 0.601. The number of carbonyl (C=O) groups is 1. The largest absolute Gasteiger partial charge is 0.451 e. The number of amides is 1. The zero-order valence-corrected chi connectivity index (χ0v) is 14.9. The molecule has 0 radical (unpaired) electrons. The predicted octanol–water partition coefficient (Wildman–Crippen LogP) is 3.68. The molecule has 6 nitrogen and oxygen atoms in total. The first kappa shape index (κ1) is 17.3. The molecular weight excluding hydrogens is 338 g/mol. The molecule has 0 aliphatic carbocycles. The molecule has 7 heteroatoms. The van der Waals surface area contributed by atoms with Gasteiger partial charge in [0.25, 0.3) is 0 Å². The molecule has 1 amide bonds. The minimum atomic E-state index is -0.235. The van der Waals surface area contributed by atoms with Crippen LogP contribution in [0.3, 0.4) is 0 Å². The number of nitrogens with zero attached hydrogens (tertiary/aromatic N) is 3. The van der Waals surface area contributed by atoms with Gasteiger partial charge in [-0.1, -0.05) is 17.7 Å². The summed E-state index contributed by atoms with van der Waals surface area (Å²) in [4.78, 5) is 23.9. The van der Waals surface area contributed by atoms with Crippen molar-refractivity contribution in [3.8, 4) is 0 Å². The van der Waals surface area contributed by atoms with Gasteiger partial charge in [0.2, 0.25) is 5.91 Å². The molecule has 0 bridgehead atoms. The maximum atomic E-state index is 13.0. The summed E-state index contributed by atoms with van der Waals surface area (Å²) in [6, 6.07) is 8.15. The van der Waals surface area contributed by atoms with Crippen LogP contribution in [0.25, 0.3) is 0 Å². The van der Waals surface area contributed by atoms with Gasteiger partial charge in [0, 0.05) is 4.90 Å². The highest BCUT2D eigenvalue weighted by atomic mass is 32.2. The van der Waals surface area contributed by atoms with Gasteiger partial charge in [-0.2, -0.15) is 0 Å². The molecule has 3 aromatic rings. The van der Waals surface area contributed by atoms with Gasteiger partial charge >= 0.3 is 0 Å². The van der Waals surface area contributed by atoms with Crippen LogP contribution in [0.5, 0.6) is 0 Å². The van der Waals surface area contributed by atoms with E-state index in [0.717, 1.165) is 4.90 Å². The van der Waals surface area contributed by atoms with Crippen molar-refractivity contribution in [2.45, 2.75) is 37.1 Å². The van der Waals surface area contributed by atoms with Crippen molar-refractivity contribution in [1.29, 1.82) is 0 Å². The van der Waals surface area contributed by atoms with Crippen molar-refractivity contribution >= 4 is 17.7 Å². The van der Waals surface area contributed by atoms with Gasteiger partial charge in [0.1, 0.15) is 12.5 Å². The summed E-state index contributed by atoms with van der Waals surface area (Å²) in [7, 11) is 0. The van der Waals surface area contributed by atoms with Crippen LogP contribution in [0.15, 0.2) is 63.3 Å². The summed E-state index contributed by atoms with van der Waals surface area (Å²) in [6.45, 7) is 4.67. The predicted molar refractivity (Wildman–Crippen MR) is 93.8 cm³/mol. The van der Waals surface area contributed by atoms with E-state index < -0.39 is 0 Å². The standard InChI is InChI=1S/C18H19N3O3S/c1-13-3-5-17(6-4-13)25-14(2)18(22)21(7-15-9-23-11-19-15)8-16-10-24-12-20-16/h3-6,9-12,14H,7-8H2,1-2H3. The third kappa shape index (κ3) is 4.73. The van der Waals surface area contributed by atoms with Crippen molar-refractivity contribution in [1.82, 2.24) is 14.9 Å². The Morgan fingerprint density at radius 3 is 2.12 bits per heavy atom. The monoisotopic (exact) mass is 357 g/mol. The van der Waals surface area contributed by atoms with Gasteiger partial charge in [-0.15, -0.1) is 11.8 Å². The highest BCUT2D eigenvalue weighted by Crippen LogP contribution is 2.25. The van der Waals surface area contributed by atoms with Gasteiger partial charge in [0.05, 0.1) is 29.7 Å². The molecule has 0 saturated carbocycles. The second-order valence-electron chi connectivity index (χ2n) is 5.73. The molecule has 0 fully saturated rings. The summed E-state index contributed by atoms with van der Waals surface area (Å²) in [5.41, 5.74) is 2.59. The highest BCUT2D eigenvalue weighted by molar-refractivity contribution is 8.00. The van der Waals surface area contributed by atoms with E-state index in [1.54, 1.807) is 17.4 Å². The summed E-state index contributed by atoms with van der Waals surface area (Å²) in [5, 5.41) is -0.235. The number of benzene rings is 1. The Morgan fingerprint density at radius 1 is 1.08 bits per heavy atom. The number of oxazole rings is 2. The molecule has 1 atom stereocenters. The summed E-state index contributed by atoms with van der Waals surface area (Å²) in [5.74, 6) is 0.0107. The first-order valence-corrected chi connectivity index (χ1v) is 8.76. The lowest BCUT2D eigenvalue weighted by Gasteiger charge is -2.24. The first-order chi connectivity index (χ1) is 12.1. The third-order valence-electron chi connectivity index (χ3n) is 3.67. The van der Waals surface area contributed by atoms with Crippen LogP contribution in [0.2, 0.25) is 0 Å². The van der Waals surface area contributed by atoms with Gasteiger partial charge in [-0.05, 0) is 26.0 Å². The maximum Gasteiger partial charge on any atom is 0.236 e. The van der Waals surface area contributed by atoms with Gasteiger partial charge in [0.15, 0.2) is 12.8 Å². The molecule has 2 aromatic heterocycles. The topological polar surface area (TPSA) is 72.4 Å². The first-order valence-electron chi connectivity index (χ1n) is 7.88. The number of thioether (sulfide) groups is 1. The number of aryl methyl sites for hydroxylation is 1. The Bertz CT molecular complexity index is 749. The Balaban J connectivity index is 1.71. The van der Waals surface area contributed by atoms with Crippen LogP contribution in [0, 0.1) is 6.92 Å². The Labute approximate surface area is 150 Å². The fourth-order valence-electron chi connectivity index (χ4n) is 2.36. The fourth-order valence-corrected chi connectivity index (χ4v) is 3.31. The van der Waals surface area contributed by atoms with E-state index in [0.29, 0.717) is 24.5 Å². The molecule has 130 valence electrons.